The monoisotopic (exact) mass is 320 g/mol. The van der Waals surface area contributed by atoms with Crippen molar-refractivity contribution in [2.24, 2.45) is 0 Å². The van der Waals surface area contributed by atoms with Gasteiger partial charge in [0.25, 0.3) is 5.91 Å². The number of aryl methyl sites for hydroxylation is 2. The van der Waals surface area contributed by atoms with E-state index < -0.39 is 0 Å². The Balaban J connectivity index is 1.79. The van der Waals surface area contributed by atoms with Crippen LogP contribution in [0, 0.1) is 19.7 Å². The van der Waals surface area contributed by atoms with Crippen LogP contribution in [0.15, 0.2) is 60.8 Å². The molecule has 0 aliphatic heterocycles. The molecule has 0 spiro atoms. The number of nitrogens with zero attached hydrogens (tertiary/aromatic N) is 1. The predicted molar refractivity (Wildman–Crippen MR) is 93.5 cm³/mol. The average Bonchev–Trinajstić information content (AvgIpc) is 2.57. The van der Waals surface area contributed by atoms with E-state index in [4.69, 9.17) is 0 Å². The molecule has 0 aliphatic rings. The first kappa shape index (κ1) is 15.9. The SMILES string of the molecule is Cc1ccc(NC(=O)c2ccc(-c3cccc(F)c3)nc2)c(C)c1. The van der Waals surface area contributed by atoms with Crippen molar-refractivity contribution in [3.05, 3.63) is 83.3 Å². The van der Waals surface area contributed by atoms with Crippen LogP contribution in [0.4, 0.5) is 10.1 Å². The van der Waals surface area contributed by atoms with Gasteiger partial charge in [-0.1, -0.05) is 29.8 Å². The van der Waals surface area contributed by atoms with E-state index in [1.54, 1.807) is 24.3 Å². The Morgan fingerprint density at radius 2 is 1.88 bits per heavy atom. The van der Waals surface area contributed by atoms with Crippen molar-refractivity contribution in [1.82, 2.24) is 4.98 Å². The number of nitrogens with one attached hydrogen (secondary N) is 1. The summed E-state index contributed by atoms with van der Waals surface area (Å²) in [4.78, 5) is 16.6. The van der Waals surface area contributed by atoms with E-state index in [0.29, 0.717) is 16.8 Å². The summed E-state index contributed by atoms with van der Waals surface area (Å²) in [6.07, 6.45) is 1.50. The Kier molecular flexibility index (Phi) is 4.38. The molecule has 0 fully saturated rings. The average molecular weight is 320 g/mol. The first-order valence-electron chi connectivity index (χ1n) is 7.63. The van der Waals surface area contributed by atoms with Crippen LogP contribution in [0.1, 0.15) is 21.5 Å². The van der Waals surface area contributed by atoms with Gasteiger partial charge in [0.15, 0.2) is 0 Å². The lowest BCUT2D eigenvalue weighted by Crippen LogP contribution is -2.13. The van der Waals surface area contributed by atoms with Crippen LogP contribution in [0.5, 0.6) is 0 Å². The summed E-state index contributed by atoms with van der Waals surface area (Å²) in [6.45, 7) is 3.96. The maximum Gasteiger partial charge on any atom is 0.257 e. The molecule has 0 aliphatic carbocycles. The Bertz CT molecular complexity index is 888. The van der Waals surface area contributed by atoms with Crippen molar-refractivity contribution in [2.45, 2.75) is 13.8 Å². The first-order valence-corrected chi connectivity index (χ1v) is 7.63. The molecular formula is C20H17FN2O. The van der Waals surface area contributed by atoms with Gasteiger partial charge in [-0.3, -0.25) is 9.78 Å². The maximum absolute atomic E-state index is 13.3. The van der Waals surface area contributed by atoms with Gasteiger partial charge < -0.3 is 5.32 Å². The zero-order valence-corrected chi connectivity index (χ0v) is 13.5. The van der Waals surface area contributed by atoms with Crippen molar-refractivity contribution in [3.63, 3.8) is 0 Å². The number of aromatic nitrogens is 1. The molecule has 120 valence electrons. The fourth-order valence-electron chi connectivity index (χ4n) is 2.50. The summed E-state index contributed by atoms with van der Waals surface area (Å²) in [6, 6.07) is 15.5. The quantitative estimate of drug-likeness (QED) is 0.756. The first-order chi connectivity index (χ1) is 11.5. The summed E-state index contributed by atoms with van der Waals surface area (Å²) in [5.41, 5.74) is 4.68. The number of rotatable bonds is 3. The molecule has 0 saturated carbocycles. The molecule has 1 heterocycles. The van der Waals surface area contributed by atoms with Crippen molar-refractivity contribution < 1.29 is 9.18 Å². The summed E-state index contributed by atoms with van der Waals surface area (Å²) >= 11 is 0. The van der Waals surface area contributed by atoms with Gasteiger partial charge in [0.1, 0.15) is 5.82 Å². The second-order valence-electron chi connectivity index (χ2n) is 5.71. The second kappa shape index (κ2) is 6.62. The molecular weight excluding hydrogens is 303 g/mol. The zero-order chi connectivity index (χ0) is 17.1. The molecule has 3 rings (SSSR count). The van der Waals surface area contributed by atoms with Gasteiger partial charge in [-0.15, -0.1) is 0 Å². The van der Waals surface area contributed by atoms with E-state index in [-0.39, 0.29) is 11.7 Å². The van der Waals surface area contributed by atoms with Crippen molar-refractivity contribution in [3.8, 4) is 11.3 Å². The number of anilines is 1. The molecule has 0 saturated heterocycles. The van der Waals surface area contributed by atoms with Crippen LogP contribution in [0.3, 0.4) is 0 Å². The summed E-state index contributed by atoms with van der Waals surface area (Å²) in [5.74, 6) is -0.536. The molecule has 0 unspecified atom stereocenters. The van der Waals surface area contributed by atoms with E-state index in [0.717, 1.165) is 16.8 Å². The third-order valence-electron chi connectivity index (χ3n) is 3.78. The number of hydrogen-bond acceptors (Lipinski definition) is 2. The van der Waals surface area contributed by atoms with Crippen LogP contribution in [0.2, 0.25) is 0 Å². The van der Waals surface area contributed by atoms with Crippen molar-refractivity contribution in [2.75, 3.05) is 5.32 Å². The largest absolute Gasteiger partial charge is 0.322 e. The molecule has 1 aromatic heterocycles. The molecule has 0 bridgehead atoms. The van der Waals surface area contributed by atoms with Crippen LogP contribution >= 0.6 is 0 Å². The van der Waals surface area contributed by atoms with Gasteiger partial charge in [0.05, 0.1) is 11.3 Å². The highest BCUT2D eigenvalue weighted by Gasteiger charge is 2.09. The molecule has 4 heteroatoms. The minimum atomic E-state index is -0.314. The fraction of sp³-hybridized carbons (Fsp3) is 0.100. The highest BCUT2D eigenvalue weighted by molar-refractivity contribution is 6.04. The standard InChI is InChI=1S/C20H17FN2O/c1-13-6-8-18(14(2)10-13)23-20(24)16-7-9-19(22-12-16)15-4-3-5-17(21)11-15/h3-12H,1-2H3,(H,23,24). The van der Waals surface area contributed by atoms with Crippen LogP contribution in [-0.2, 0) is 0 Å². The zero-order valence-electron chi connectivity index (χ0n) is 13.5. The maximum atomic E-state index is 13.3. The fourth-order valence-corrected chi connectivity index (χ4v) is 2.50. The summed E-state index contributed by atoms with van der Waals surface area (Å²) in [7, 11) is 0. The Labute approximate surface area is 140 Å². The van der Waals surface area contributed by atoms with Crippen molar-refractivity contribution in [1.29, 1.82) is 0 Å². The number of benzene rings is 2. The topological polar surface area (TPSA) is 42.0 Å². The van der Waals surface area contributed by atoms with E-state index >= 15 is 0 Å². The lowest BCUT2D eigenvalue weighted by atomic mass is 10.1. The number of carbonyl (C=O) groups excluding carboxylic acids is 1. The lowest BCUT2D eigenvalue weighted by molar-refractivity contribution is 0.102. The summed E-state index contributed by atoms with van der Waals surface area (Å²) < 4.78 is 13.3. The van der Waals surface area contributed by atoms with E-state index in [1.165, 1.54) is 18.3 Å². The third-order valence-corrected chi connectivity index (χ3v) is 3.78. The summed E-state index contributed by atoms with van der Waals surface area (Å²) in [5, 5.41) is 2.88. The van der Waals surface area contributed by atoms with E-state index in [1.807, 2.05) is 32.0 Å². The minimum Gasteiger partial charge on any atom is -0.322 e. The number of carbonyl (C=O) groups is 1. The van der Waals surface area contributed by atoms with Crippen LogP contribution < -0.4 is 5.32 Å². The molecule has 3 nitrogen and oxygen atoms in total. The van der Waals surface area contributed by atoms with Gasteiger partial charge in [-0.25, -0.2) is 4.39 Å². The predicted octanol–water partition coefficient (Wildman–Crippen LogP) is 4.76. The van der Waals surface area contributed by atoms with Crippen LogP contribution in [0.25, 0.3) is 11.3 Å². The second-order valence-corrected chi connectivity index (χ2v) is 5.71. The van der Waals surface area contributed by atoms with Gasteiger partial charge in [-0.2, -0.15) is 0 Å². The molecule has 0 radical (unpaired) electrons. The number of amides is 1. The van der Waals surface area contributed by atoms with Gasteiger partial charge in [0, 0.05) is 17.4 Å². The molecule has 2 aromatic carbocycles. The molecule has 1 N–H and O–H groups in total. The molecule has 24 heavy (non-hydrogen) atoms. The minimum absolute atomic E-state index is 0.222. The third kappa shape index (κ3) is 3.49. The van der Waals surface area contributed by atoms with Crippen LogP contribution in [-0.4, -0.2) is 10.9 Å². The van der Waals surface area contributed by atoms with Crippen molar-refractivity contribution >= 4 is 11.6 Å². The normalized spacial score (nSPS) is 10.5. The molecule has 0 atom stereocenters. The number of halogens is 1. The van der Waals surface area contributed by atoms with Gasteiger partial charge >= 0.3 is 0 Å². The Morgan fingerprint density at radius 3 is 2.54 bits per heavy atom. The smallest absolute Gasteiger partial charge is 0.257 e. The number of pyridine rings is 1. The van der Waals surface area contributed by atoms with Gasteiger partial charge in [-0.05, 0) is 49.7 Å². The van der Waals surface area contributed by atoms with Gasteiger partial charge in [0.2, 0.25) is 0 Å². The lowest BCUT2D eigenvalue weighted by Gasteiger charge is -2.09. The number of hydrogen-bond donors (Lipinski definition) is 1. The van der Waals surface area contributed by atoms with E-state index in [2.05, 4.69) is 10.3 Å². The Morgan fingerprint density at radius 1 is 1.04 bits per heavy atom. The highest BCUT2D eigenvalue weighted by atomic mass is 19.1. The van der Waals surface area contributed by atoms with E-state index in [9.17, 15) is 9.18 Å². The highest BCUT2D eigenvalue weighted by Crippen LogP contribution is 2.20. The Hall–Kier alpha value is -3.01. The molecule has 3 aromatic rings. The molecule has 1 amide bonds.